The number of aromatic nitrogens is 4. The minimum atomic E-state index is -0.298. The first kappa shape index (κ1) is 18.2. The van der Waals surface area contributed by atoms with Crippen LogP contribution in [0.4, 0.5) is 16.3 Å². The molecule has 4 rings (SSSR count). The SMILES string of the molecule is CN1CCC(n2ccc(NC(=O)Nc3ccc(Cn4cccn4)cc3)n2)CC1. The van der Waals surface area contributed by atoms with Crippen LogP contribution in [-0.4, -0.2) is 50.6 Å². The van der Waals surface area contributed by atoms with Gasteiger partial charge in [-0.15, -0.1) is 0 Å². The van der Waals surface area contributed by atoms with Crippen LogP contribution in [-0.2, 0) is 6.54 Å². The van der Waals surface area contributed by atoms with Gasteiger partial charge in [-0.25, -0.2) is 4.79 Å². The van der Waals surface area contributed by atoms with Crippen molar-refractivity contribution in [2.75, 3.05) is 30.8 Å². The molecule has 0 saturated carbocycles. The van der Waals surface area contributed by atoms with Gasteiger partial charge in [-0.05, 0) is 56.7 Å². The van der Waals surface area contributed by atoms with Crippen molar-refractivity contribution in [2.45, 2.75) is 25.4 Å². The van der Waals surface area contributed by atoms with E-state index in [9.17, 15) is 4.79 Å². The summed E-state index contributed by atoms with van der Waals surface area (Å²) < 4.78 is 3.82. The number of piperidine rings is 1. The summed E-state index contributed by atoms with van der Waals surface area (Å²) in [6.45, 7) is 2.85. The minimum Gasteiger partial charge on any atom is -0.308 e. The summed E-state index contributed by atoms with van der Waals surface area (Å²) in [6, 6.07) is 11.6. The summed E-state index contributed by atoms with van der Waals surface area (Å²) in [7, 11) is 2.14. The van der Waals surface area contributed by atoms with Gasteiger partial charge in [-0.3, -0.25) is 14.7 Å². The van der Waals surface area contributed by atoms with Crippen LogP contribution in [0.3, 0.4) is 0 Å². The number of hydrogen-bond acceptors (Lipinski definition) is 4. The number of amides is 2. The van der Waals surface area contributed by atoms with E-state index in [1.165, 1.54) is 0 Å². The monoisotopic (exact) mass is 379 g/mol. The molecule has 1 aliphatic rings. The zero-order valence-corrected chi connectivity index (χ0v) is 16.0. The maximum Gasteiger partial charge on any atom is 0.324 e. The first-order valence-electron chi connectivity index (χ1n) is 9.54. The fourth-order valence-corrected chi connectivity index (χ4v) is 3.42. The first-order chi connectivity index (χ1) is 13.7. The van der Waals surface area contributed by atoms with Crippen LogP contribution in [0.15, 0.2) is 55.0 Å². The molecule has 1 saturated heterocycles. The highest BCUT2D eigenvalue weighted by Gasteiger charge is 2.19. The molecule has 146 valence electrons. The molecule has 1 aliphatic heterocycles. The van der Waals surface area contributed by atoms with Crippen LogP contribution in [0.2, 0.25) is 0 Å². The van der Waals surface area contributed by atoms with Gasteiger partial charge in [0.15, 0.2) is 5.82 Å². The molecule has 1 aromatic carbocycles. The molecule has 0 aliphatic carbocycles. The normalized spacial score (nSPS) is 15.5. The molecule has 2 N–H and O–H groups in total. The number of nitrogens with zero attached hydrogens (tertiary/aromatic N) is 5. The Morgan fingerprint density at radius 1 is 1.11 bits per heavy atom. The number of benzene rings is 1. The standard InChI is InChI=1S/C20H25N7O/c1-25-12-7-18(8-13-25)27-14-9-19(24-27)23-20(28)22-17-5-3-16(4-6-17)15-26-11-2-10-21-26/h2-6,9-11,14,18H,7-8,12-13,15H2,1H3,(H2,22,23,24,28). The van der Waals surface area contributed by atoms with Gasteiger partial charge < -0.3 is 10.2 Å². The summed E-state index contributed by atoms with van der Waals surface area (Å²) in [5.74, 6) is 0.562. The van der Waals surface area contributed by atoms with Crippen molar-refractivity contribution in [3.63, 3.8) is 0 Å². The van der Waals surface area contributed by atoms with Crippen LogP contribution in [0, 0.1) is 0 Å². The molecule has 0 atom stereocenters. The van der Waals surface area contributed by atoms with Gasteiger partial charge >= 0.3 is 6.03 Å². The van der Waals surface area contributed by atoms with Gasteiger partial charge in [-0.2, -0.15) is 10.2 Å². The molecule has 2 amide bonds. The third-order valence-electron chi connectivity index (χ3n) is 5.03. The van der Waals surface area contributed by atoms with E-state index in [1.54, 1.807) is 6.20 Å². The second-order valence-corrected chi connectivity index (χ2v) is 7.20. The van der Waals surface area contributed by atoms with Gasteiger partial charge in [-0.1, -0.05) is 12.1 Å². The molecular formula is C20H25N7O. The Balaban J connectivity index is 1.29. The average Bonchev–Trinajstić information content (AvgIpc) is 3.36. The molecule has 28 heavy (non-hydrogen) atoms. The molecule has 0 radical (unpaired) electrons. The summed E-state index contributed by atoms with van der Waals surface area (Å²) in [6.07, 6.45) is 7.78. The Hall–Kier alpha value is -3.13. The first-order valence-corrected chi connectivity index (χ1v) is 9.54. The Kier molecular flexibility index (Phi) is 5.38. The van der Waals surface area contributed by atoms with E-state index < -0.39 is 0 Å². The summed E-state index contributed by atoms with van der Waals surface area (Å²) in [5.41, 5.74) is 1.85. The van der Waals surface area contributed by atoms with Crippen molar-refractivity contribution in [2.24, 2.45) is 0 Å². The lowest BCUT2D eigenvalue weighted by Crippen LogP contribution is -2.31. The highest BCUT2D eigenvalue weighted by Crippen LogP contribution is 2.22. The average molecular weight is 379 g/mol. The van der Waals surface area contributed by atoms with E-state index in [2.05, 4.69) is 32.8 Å². The molecule has 8 heteroatoms. The molecule has 0 bridgehead atoms. The second kappa shape index (κ2) is 8.26. The van der Waals surface area contributed by atoms with E-state index in [4.69, 9.17) is 0 Å². The Morgan fingerprint density at radius 3 is 2.61 bits per heavy atom. The zero-order chi connectivity index (χ0) is 19.3. The van der Waals surface area contributed by atoms with Crippen molar-refractivity contribution in [1.82, 2.24) is 24.5 Å². The molecule has 0 spiro atoms. The van der Waals surface area contributed by atoms with Gasteiger partial charge in [0.2, 0.25) is 0 Å². The topological polar surface area (TPSA) is 80.0 Å². The minimum absolute atomic E-state index is 0.298. The molecule has 1 fully saturated rings. The van der Waals surface area contributed by atoms with E-state index in [1.807, 2.05) is 58.2 Å². The lowest BCUT2D eigenvalue weighted by atomic mass is 10.1. The Bertz CT molecular complexity index is 893. The summed E-state index contributed by atoms with van der Waals surface area (Å²) in [4.78, 5) is 14.6. The molecule has 2 aromatic heterocycles. The highest BCUT2D eigenvalue weighted by molar-refractivity contribution is 5.99. The lowest BCUT2D eigenvalue weighted by molar-refractivity contribution is 0.212. The number of rotatable bonds is 5. The van der Waals surface area contributed by atoms with E-state index >= 15 is 0 Å². The van der Waals surface area contributed by atoms with Crippen LogP contribution < -0.4 is 10.6 Å². The second-order valence-electron chi connectivity index (χ2n) is 7.20. The van der Waals surface area contributed by atoms with Crippen LogP contribution in [0.5, 0.6) is 0 Å². The zero-order valence-electron chi connectivity index (χ0n) is 16.0. The third-order valence-corrected chi connectivity index (χ3v) is 5.03. The number of urea groups is 1. The predicted octanol–water partition coefficient (Wildman–Crippen LogP) is 3.04. The van der Waals surface area contributed by atoms with E-state index in [0.29, 0.717) is 18.4 Å². The molecule has 3 heterocycles. The molecule has 0 unspecified atom stereocenters. The van der Waals surface area contributed by atoms with Crippen molar-refractivity contribution in [1.29, 1.82) is 0 Å². The maximum absolute atomic E-state index is 12.3. The number of likely N-dealkylation sites (tertiary alicyclic amines) is 1. The van der Waals surface area contributed by atoms with Crippen molar-refractivity contribution in [3.8, 4) is 0 Å². The van der Waals surface area contributed by atoms with Crippen molar-refractivity contribution >= 4 is 17.5 Å². The molecular weight excluding hydrogens is 354 g/mol. The van der Waals surface area contributed by atoms with Crippen molar-refractivity contribution in [3.05, 3.63) is 60.6 Å². The van der Waals surface area contributed by atoms with E-state index in [-0.39, 0.29) is 6.03 Å². The van der Waals surface area contributed by atoms with Crippen LogP contribution in [0.1, 0.15) is 24.4 Å². The highest BCUT2D eigenvalue weighted by atomic mass is 16.2. The number of anilines is 2. The van der Waals surface area contributed by atoms with Crippen LogP contribution in [0.25, 0.3) is 0 Å². The van der Waals surface area contributed by atoms with Gasteiger partial charge in [0.05, 0.1) is 12.6 Å². The molecule has 8 nitrogen and oxygen atoms in total. The number of carbonyl (C=O) groups excluding carboxylic acids is 1. The Labute approximate surface area is 164 Å². The maximum atomic E-state index is 12.3. The van der Waals surface area contributed by atoms with Gasteiger partial charge in [0.1, 0.15) is 0 Å². The number of hydrogen-bond donors (Lipinski definition) is 2. The van der Waals surface area contributed by atoms with Gasteiger partial charge in [0, 0.05) is 30.3 Å². The third kappa shape index (κ3) is 4.58. The summed E-state index contributed by atoms with van der Waals surface area (Å²) in [5, 5.41) is 14.4. The number of carbonyl (C=O) groups is 1. The quantitative estimate of drug-likeness (QED) is 0.714. The predicted molar refractivity (Wildman–Crippen MR) is 108 cm³/mol. The fraction of sp³-hybridized carbons (Fsp3) is 0.350. The molecule has 3 aromatic rings. The van der Waals surface area contributed by atoms with Crippen LogP contribution >= 0.6 is 0 Å². The largest absolute Gasteiger partial charge is 0.324 e. The Morgan fingerprint density at radius 2 is 1.89 bits per heavy atom. The number of nitrogens with one attached hydrogen (secondary N) is 2. The van der Waals surface area contributed by atoms with Crippen molar-refractivity contribution < 1.29 is 4.79 Å². The lowest BCUT2D eigenvalue weighted by Gasteiger charge is -2.28. The smallest absolute Gasteiger partial charge is 0.308 e. The fourth-order valence-electron chi connectivity index (χ4n) is 3.42. The van der Waals surface area contributed by atoms with Gasteiger partial charge in [0.25, 0.3) is 0 Å². The summed E-state index contributed by atoms with van der Waals surface area (Å²) >= 11 is 0. The van der Waals surface area contributed by atoms with E-state index in [0.717, 1.165) is 37.2 Å².